The maximum Gasteiger partial charge on any atom is 0.217 e. The normalized spacial score (nSPS) is 16.0. The van der Waals surface area contributed by atoms with Crippen molar-refractivity contribution in [1.82, 2.24) is 10.3 Å². The van der Waals surface area contributed by atoms with Crippen molar-refractivity contribution < 1.29 is 4.79 Å². The first kappa shape index (κ1) is 15.5. The Hall–Kier alpha value is -1.40. The Morgan fingerprint density at radius 3 is 2.91 bits per heavy atom. The average Bonchev–Trinajstić information content (AvgIpc) is 3.15. The maximum atomic E-state index is 11.0. The lowest BCUT2D eigenvalue weighted by molar-refractivity contribution is -0.119. The first-order valence-electron chi connectivity index (χ1n) is 7.66. The Morgan fingerprint density at radius 2 is 2.18 bits per heavy atom. The second-order valence-corrected chi connectivity index (χ2v) is 7.87. The molecule has 0 unspecified atom stereocenters. The number of carbonyl (C=O) groups excluding carboxylic acids is 1. The lowest BCUT2D eigenvalue weighted by atomic mass is 10.00. The molecule has 1 aliphatic rings. The number of aromatic nitrogens is 1. The van der Waals surface area contributed by atoms with Gasteiger partial charge in [-0.2, -0.15) is 0 Å². The zero-order valence-electron chi connectivity index (χ0n) is 13.0. The highest BCUT2D eigenvalue weighted by Gasteiger charge is 2.19. The number of thiophene rings is 1. The molecule has 22 heavy (non-hydrogen) atoms. The van der Waals surface area contributed by atoms with Crippen molar-refractivity contribution >= 4 is 33.7 Å². The number of nitrogens with zero attached hydrogens (tertiary/aromatic N) is 2. The van der Waals surface area contributed by atoms with Gasteiger partial charge in [-0.05, 0) is 30.9 Å². The van der Waals surface area contributed by atoms with Crippen LogP contribution >= 0.6 is 22.7 Å². The minimum absolute atomic E-state index is 0.00483. The zero-order chi connectivity index (χ0) is 15.5. The predicted molar refractivity (Wildman–Crippen MR) is 93.6 cm³/mol. The van der Waals surface area contributed by atoms with E-state index in [2.05, 4.69) is 34.7 Å². The summed E-state index contributed by atoms with van der Waals surface area (Å²) in [7, 11) is 0. The van der Waals surface area contributed by atoms with Crippen LogP contribution < -0.4 is 10.2 Å². The van der Waals surface area contributed by atoms with Gasteiger partial charge in [0.15, 0.2) is 5.13 Å². The molecule has 2 aromatic heterocycles. The molecule has 0 atom stereocenters. The summed E-state index contributed by atoms with van der Waals surface area (Å²) >= 11 is 3.43. The summed E-state index contributed by atoms with van der Waals surface area (Å²) in [6.45, 7) is 6.70. The quantitative estimate of drug-likeness (QED) is 0.925. The maximum absolute atomic E-state index is 11.0. The highest BCUT2D eigenvalue weighted by Crippen LogP contribution is 2.33. The third-order valence-corrected chi connectivity index (χ3v) is 5.98. The van der Waals surface area contributed by atoms with Crippen LogP contribution in [0.15, 0.2) is 17.5 Å². The lowest BCUT2D eigenvalue weighted by Gasteiger charge is -2.29. The van der Waals surface area contributed by atoms with E-state index in [1.165, 1.54) is 17.7 Å². The molecule has 4 nitrogen and oxygen atoms in total. The van der Waals surface area contributed by atoms with Crippen LogP contribution in [0.1, 0.15) is 31.6 Å². The Balaban J connectivity index is 1.67. The van der Waals surface area contributed by atoms with Gasteiger partial charge in [0.05, 0.1) is 17.1 Å². The Kier molecular flexibility index (Phi) is 4.78. The molecule has 6 heteroatoms. The molecule has 0 spiro atoms. The van der Waals surface area contributed by atoms with Crippen molar-refractivity contribution in [2.75, 3.05) is 18.0 Å². The number of piperidine rings is 1. The van der Waals surface area contributed by atoms with Crippen LogP contribution in [0.2, 0.25) is 0 Å². The molecule has 0 saturated carbocycles. The predicted octanol–water partition coefficient (Wildman–Crippen LogP) is 3.74. The average molecular weight is 335 g/mol. The minimum Gasteiger partial charge on any atom is -0.351 e. The van der Waals surface area contributed by atoms with Crippen LogP contribution in [-0.2, 0) is 11.3 Å². The molecule has 1 saturated heterocycles. The molecule has 0 aromatic carbocycles. The molecule has 1 N–H and O–H groups in total. The van der Waals surface area contributed by atoms with Crippen LogP contribution in [0.3, 0.4) is 0 Å². The van der Waals surface area contributed by atoms with Crippen LogP contribution in [-0.4, -0.2) is 24.0 Å². The van der Waals surface area contributed by atoms with E-state index in [9.17, 15) is 4.79 Å². The van der Waals surface area contributed by atoms with E-state index < -0.39 is 0 Å². The fourth-order valence-corrected chi connectivity index (χ4v) is 4.41. The third kappa shape index (κ3) is 3.67. The fraction of sp³-hybridized carbons (Fsp3) is 0.500. The minimum atomic E-state index is 0.00483. The largest absolute Gasteiger partial charge is 0.351 e. The van der Waals surface area contributed by atoms with Gasteiger partial charge in [0.2, 0.25) is 5.91 Å². The van der Waals surface area contributed by atoms with Crippen molar-refractivity contribution in [2.45, 2.75) is 33.2 Å². The van der Waals surface area contributed by atoms with Crippen LogP contribution in [0, 0.1) is 5.92 Å². The summed E-state index contributed by atoms with van der Waals surface area (Å²) in [6, 6.07) is 4.16. The molecule has 118 valence electrons. The third-order valence-electron chi connectivity index (χ3n) is 3.97. The summed E-state index contributed by atoms with van der Waals surface area (Å²) in [5.41, 5.74) is 1.05. The number of amides is 1. The molecule has 1 fully saturated rings. The topological polar surface area (TPSA) is 45.2 Å². The van der Waals surface area contributed by atoms with Crippen molar-refractivity contribution in [3.8, 4) is 10.6 Å². The molecule has 0 radical (unpaired) electrons. The van der Waals surface area contributed by atoms with Gasteiger partial charge in [0, 0.05) is 30.3 Å². The van der Waals surface area contributed by atoms with Gasteiger partial charge in [-0.1, -0.05) is 6.92 Å². The monoisotopic (exact) mass is 335 g/mol. The summed E-state index contributed by atoms with van der Waals surface area (Å²) in [5, 5.41) is 6.11. The van der Waals surface area contributed by atoms with E-state index in [4.69, 9.17) is 4.98 Å². The summed E-state index contributed by atoms with van der Waals surface area (Å²) < 4.78 is 0. The standard InChI is InChI=1S/C16H21N3OS2/c1-11-5-7-19(8-6-11)16-18-14(10-21-16)15-4-3-13(22-15)9-17-12(2)20/h3-4,10-11H,5-9H2,1-2H3,(H,17,20). The number of hydrogen-bond acceptors (Lipinski definition) is 5. The van der Waals surface area contributed by atoms with Gasteiger partial charge in [-0.25, -0.2) is 4.98 Å². The van der Waals surface area contributed by atoms with Crippen molar-refractivity contribution in [3.05, 3.63) is 22.4 Å². The lowest BCUT2D eigenvalue weighted by Crippen LogP contribution is -2.32. The first-order valence-corrected chi connectivity index (χ1v) is 9.35. The van der Waals surface area contributed by atoms with E-state index in [-0.39, 0.29) is 5.91 Å². The highest BCUT2D eigenvalue weighted by atomic mass is 32.1. The van der Waals surface area contributed by atoms with Gasteiger partial charge >= 0.3 is 0 Å². The second kappa shape index (κ2) is 6.79. The number of nitrogens with one attached hydrogen (secondary N) is 1. The number of hydrogen-bond donors (Lipinski definition) is 1. The zero-order valence-corrected chi connectivity index (χ0v) is 14.6. The Labute approximate surface area is 139 Å². The fourth-order valence-electron chi connectivity index (χ4n) is 2.54. The smallest absolute Gasteiger partial charge is 0.217 e. The van der Waals surface area contributed by atoms with Crippen LogP contribution in [0.25, 0.3) is 10.6 Å². The second-order valence-electron chi connectivity index (χ2n) is 5.86. The number of anilines is 1. The highest BCUT2D eigenvalue weighted by molar-refractivity contribution is 7.17. The number of rotatable bonds is 4. The molecule has 2 aromatic rings. The molecule has 0 bridgehead atoms. The number of thiazole rings is 1. The molecule has 1 amide bonds. The van der Waals surface area contributed by atoms with Gasteiger partial charge in [-0.3, -0.25) is 4.79 Å². The van der Waals surface area contributed by atoms with Gasteiger partial charge in [0.1, 0.15) is 0 Å². The molecule has 3 rings (SSSR count). The SMILES string of the molecule is CC(=O)NCc1ccc(-c2csc(N3CCC(C)CC3)n2)s1. The molecular formula is C16H21N3OS2. The van der Waals surface area contributed by atoms with E-state index >= 15 is 0 Å². The van der Waals surface area contributed by atoms with Gasteiger partial charge in [-0.15, -0.1) is 22.7 Å². The molecule has 3 heterocycles. The van der Waals surface area contributed by atoms with Crippen LogP contribution in [0.4, 0.5) is 5.13 Å². The van der Waals surface area contributed by atoms with Crippen LogP contribution in [0.5, 0.6) is 0 Å². The van der Waals surface area contributed by atoms with Crippen molar-refractivity contribution in [1.29, 1.82) is 0 Å². The van der Waals surface area contributed by atoms with E-state index in [0.717, 1.165) is 34.7 Å². The summed E-state index contributed by atoms with van der Waals surface area (Å²) in [4.78, 5) is 20.5. The molecule has 1 aliphatic heterocycles. The van der Waals surface area contributed by atoms with E-state index in [0.29, 0.717) is 6.54 Å². The van der Waals surface area contributed by atoms with Crippen molar-refractivity contribution in [2.24, 2.45) is 5.92 Å². The summed E-state index contributed by atoms with van der Waals surface area (Å²) in [6.07, 6.45) is 2.52. The van der Waals surface area contributed by atoms with E-state index in [1.54, 1.807) is 29.6 Å². The summed E-state index contributed by atoms with van der Waals surface area (Å²) in [5.74, 6) is 0.842. The number of carbonyl (C=O) groups is 1. The van der Waals surface area contributed by atoms with Gasteiger partial charge in [0.25, 0.3) is 0 Å². The molecule has 0 aliphatic carbocycles. The molecular weight excluding hydrogens is 314 g/mol. The van der Waals surface area contributed by atoms with E-state index in [1.807, 2.05) is 0 Å². The Morgan fingerprint density at radius 1 is 1.41 bits per heavy atom. The Bertz CT molecular complexity index is 641. The first-order chi connectivity index (χ1) is 10.6. The van der Waals surface area contributed by atoms with Gasteiger partial charge < -0.3 is 10.2 Å². The van der Waals surface area contributed by atoms with Crippen molar-refractivity contribution in [3.63, 3.8) is 0 Å².